The minimum Gasteiger partial charge on any atom is -0.363 e. The van der Waals surface area contributed by atoms with Crippen LogP contribution in [0.4, 0.5) is 8.78 Å². The van der Waals surface area contributed by atoms with Crippen LogP contribution in [-0.2, 0) is 14.4 Å². The van der Waals surface area contributed by atoms with E-state index in [4.69, 9.17) is 0 Å². The quantitative estimate of drug-likeness (QED) is 0.758. The van der Waals surface area contributed by atoms with E-state index >= 15 is 0 Å². The first-order chi connectivity index (χ1) is 10.4. The maximum absolute atomic E-state index is 14.4. The van der Waals surface area contributed by atoms with E-state index in [1.807, 2.05) is 13.8 Å². The third-order valence-electron chi connectivity index (χ3n) is 3.78. The molecule has 0 aromatic heterocycles. The molecular formula is C16H19F2NO3. The van der Waals surface area contributed by atoms with Gasteiger partial charge in [-0.2, -0.15) is 8.78 Å². The molecule has 1 fully saturated rings. The molecule has 2 rings (SSSR count). The van der Waals surface area contributed by atoms with Crippen LogP contribution in [0.3, 0.4) is 0 Å². The van der Waals surface area contributed by atoms with Crippen molar-refractivity contribution in [2.24, 2.45) is 0 Å². The second-order valence-corrected chi connectivity index (χ2v) is 5.68. The molecule has 1 saturated heterocycles. The smallest absolute Gasteiger partial charge is 0.363 e. The summed E-state index contributed by atoms with van der Waals surface area (Å²) in [6, 6.07) is 6.44. The molecule has 0 radical (unpaired) electrons. The Morgan fingerprint density at radius 3 is 2.32 bits per heavy atom. The van der Waals surface area contributed by atoms with Crippen LogP contribution in [0.5, 0.6) is 0 Å². The van der Waals surface area contributed by atoms with Gasteiger partial charge in [0.25, 0.3) is 0 Å². The molecule has 22 heavy (non-hydrogen) atoms. The summed E-state index contributed by atoms with van der Waals surface area (Å²) in [6.45, 7) is 4.57. The van der Waals surface area contributed by atoms with Gasteiger partial charge in [0, 0.05) is 13.1 Å². The highest BCUT2D eigenvalue weighted by molar-refractivity contribution is 5.85. The first-order valence-corrected chi connectivity index (χ1v) is 7.27. The fourth-order valence-corrected chi connectivity index (χ4v) is 2.36. The van der Waals surface area contributed by atoms with Crippen molar-refractivity contribution < 1.29 is 23.2 Å². The van der Waals surface area contributed by atoms with Crippen LogP contribution in [0.25, 0.3) is 0 Å². The summed E-state index contributed by atoms with van der Waals surface area (Å²) in [5.74, 6) is -7.47. The molecule has 0 saturated carbocycles. The van der Waals surface area contributed by atoms with Crippen LogP contribution in [0.2, 0.25) is 0 Å². The first-order valence-electron chi connectivity index (χ1n) is 7.27. The van der Waals surface area contributed by atoms with E-state index in [1.165, 1.54) is 11.1 Å². The van der Waals surface area contributed by atoms with E-state index in [-0.39, 0.29) is 17.8 Å². The van der Waals surface area contributed by atoms with E-state index in [0.717, 1.165) is 6.42 Å². The van der Waals surface area contributed by atoms with Crippen molar-refractivity contribution in [2.45, 2.75) is 38.0 Å². The van der Waals surface area contributed by atoms with E-state index in [2.05, 4.69) is 4.84 Å². The number of benzene rings is 1. The zero-order chi connectivity index (χ0) is 16.3. The molecule has 1 aliphatic rings. The molecule has 1 heterocycles. The second kappa shape index (κ2) is 6.52. The lowest BCUT2D eigenvalue weighted by molar-refractivity contribution is -0.232. The van der Waals surface area contributed by atoms with Crippen molar-refractivity contribution in [3.63, 3.8) is 0 Å². The summed E-state index contributed by atoms with van der Waals surface area (Å²) in [5.41, 5.74) is 0.786. The highest BCUT2D eigenvalue weighted by Gasteiger charge is 2.51. The summed E-state index contributed by atoms with van der Waals surface area (Å²) < 4.78 is 28.8. The summed E-state index contributed by atoms with van der Waals surface area (Å²) in [5, 5.41) is 1.17. The maximum atomic E-state index is 14.4. The van der Waals surface area contributed by atoms with Gasteiger partial charge in [-0.15, -0.1) is 5.06 Å². The lowest BCUT2D eigenvalue weighted by Crippen LogP contribution is -2.46. The summed E-state index contributed by atoms with van der Waals surface area (Å²) in [7, 11) is 0. The minimum absolute atomic E-state index is 0.0409. The Kier molecular flexibility index (Phi) is 4.90. The van der Waals surface area contributed by atoms with Gasteiger partial charge in [-0.25, -0.2) is 4.79 Å². The molecule has 4 nitrogen and oxygen atoms in total. The zero-order valence-corrected chi connectivity index (χ0v) is 12.6. The molecule has 1 aromatic rings. The molecule has 1 aliphatic heterocycles. The molecule has 1 atom stereocenters. The molecule has 0 aliphatic carbocycles. The van der Waals surface area contributed by atoms with Crippen LogP contribution in [0, 0.1) is 0 Å². The molecule has 0 N–H and O–H groups in total. The maximum Gasteiger partial charge on any atom is 0.396 e. The molecule has 6 heteroatoms. The standard InChI is InChI=1S/C16H19F2NO3/c1-11(2)12-6-3-4-7-13(12)14(10-20)16(17,18)15(21)22-19-8-5-9-19/h3-4,6-7,10-11,14H,5,8-9H2,1-2H3. The number of aldehydes is 1. The number of hydrogen-bond donors (Lipinski definition) is 0. The average Bonchev–Trinajstić information content (AvgIpc) is 2.43. The molecular weight excluding hydrogens is 292 g/mol. The SMILES string of the molecule is CC(C)c1ccccc1C(C=O)C(F)(F)C(=O)ON1CCC1. The largest absolute Gasteiger partial charge is 0.396 e. The normalized spacial score (nSPS) is 17.0. The molecule has 1 unspecified atom stereocenters. The van der Waals surface area contributed by atoms with Gasteiger partial charge < -0.3 is 9.63 Å². The highest BCUT2D eigenvalue weighted by Crippen LogP contribution is 2.37. The Labute approximate surface area is 128 Å². The predicted molar refractivity (Wildman–Crippen MR) is 76.6 cm³/mol. The van der Waals surface area contributed by atoms with Gasteiger partial charge in [-0.3, -0.25) is 0 Å². The molecule has 0 amide bonds. The zero-order valence-electron chi connectivity index (χ0n) is 12.6. The Balaban J connectivity index is 2.29. The van der Waals surface area contributed by atoms with Gasteiger partial charge in [0.2, 0.25) is 0 Å². The number of hydrogen-bond acceptors (Lipinski definition) is 4. The van der Waals surface area contributed by atoms with Crippen molar-refractivity contribution in [3.8, 4) is 0 Å². The fourth-order valence-electron chi connectivity index (χ4n) is 2.36. The Morgan fingerprint density at radius 1 is 1.27 bits per heavy atom. The number of hydroxylamine groups is 2. The third-order valence-corrected chi connectivity index (χ3v) is 3.78. The van der Waals surface area contributed by atoms with Crippen LogP contribution in [-0.4, -0.2) is 36.3 Å². The van der Waals surface area contributed by atoms with Crippen LogP contribution >= 0.6 is 0 Å². The number of nitrogens with zero attached hydrogens (tertiary/aromatic N) is 1. The lowest BCUT2D eigenvalue weighted by Gasteiger charge is -2.31. The van der Waals surface area contributed by atoms with Gasteiger partial charge in [-0.1, -0.05) is 38.1 Å². The van der Waals surface area contributed by atoms with E-state index in [1.54, 1.807) is 18.2 Å². The highest BCUT2D eigenvalue weighted by atomic mass is 19.3. The number of alkyl halides is 2. The van der Waals surface area contributed by atoms with Crippen molar-refractivity contribution in [3.05, 3.63) is 35.4 Å². The lowest BCUT2D eigenvalue weighted by atomic mass is 9.86. The number of rotatable bonds is 6. The van der Waals surface area contributed by atoms with Gasteiger partial charge in [0.15, 0.2) is 0 Å². The van der Waals surface area contributed by atoms with Crippen LogP contribution in [0.15, 0.2) is 24.3 Å². The summed E-state index contributed by atoms with van der Waals surface area (Å²) >= 11 is 0. The van der Waals surface area contributed by atoms with Gasteiger partial charge in [-0.05, 0) is 23.5 Å². The number of carbonyl (C=O) groups is 2. The number of halogens is 2. The van der Waals surface area contributed by atoms with Crippen LogP contribution in [0.1, 0.15) is 43.2 Å². The van der Waals surface area contributed by atoms with E-state index < -0.39 is 17.8 Å². The van der Waals surface area contributed by atoms with Gasteiger partial charge in [0.1, 0.15) is 12.2 Å². The van der Waals surface area contributed by atoms with E-state index in [9.17, 15) is 18.4 Å². The summed E-state index contributed by atoms with van der Waals surface area (Å²) in [6.07, 6.45) is 0.921. The van der Waals surface area contributed by atoms with Gasteiger partial charge >= 0.3 is 11.9 Å². The topological polar surface area (TPSA) is 46.6 Å². The molecule has 120 valence electrons. The molecule has 0 spiro atoms. The van der Waals surface area contributed by atoms with Crippen LogP contribution < -0.4 is 0 Å². The van der Waals surface area contributed by atoms with Crippen molar-refractivity contribution in [1.82, 2.24) is 5.06 Å². The first kappa shape index (κ1) is 16.5. The summed E-state index contributed by atoms with van der Waals surface area (Å²) in [4.78, 5) is 27.7. The van der Waals surface area contributed by atoms with Gasteiger partial charge in [0.05, 0.1) is 0 Å². The van der Waals surface area contributed by atoms with Crippen molar-refractivity contribution in [1.29, 1.82) is 0 Å². The van der Waals surface area contributed by atoms with Crippen molar-refractivity contribution in [2.75, 3.05) is 13.1 Å². The Bertz CT molecular complexity index is 556. The van der Waals surface area contributed by atoms with E-state index in [0.29, 0.717) is 18.7 Å². The average molecular weight is 311 g/mol. The number of carbonyl (C=O) groups excluding carboxylic acids is 2. The molecule has 0 bridgehead atoms. The predicted octanol–water partition coefficient (Wildman–Crippen LogP) is 2.89. The monoisotopic (exact) mass is 311 g/mol. The third kappa shape index (κ3) is 3.16. The minimum atomic E-state index is -3.90. The van der Waals surface area contributed by atoms with Crippen molar-refractivity contribution >= 4 is 12.3 Å². The Hall–Kier alpha value is -1.82. The fraction of sp³-hybridized carbons (Fsp3) is 0.500. The second-order valence-electron chi connectivity index (χ2n) is 5.68. The Morgan fingerprint density at radius 2 is 1.86 bits per heavy atom. The molecule has 1 aromatic carbocycles.